The van der Waals surface area contributed by atoms with Crippen LogP contribution < -0.4 is 15.6 Å². The number of carbonyl (C=O) groups excluding carboxylic acids is 1. The lowest BCUT2D eigenvalue weighted by molar-refractivity contribution is -0.140. The van der Waals surface area contributed by atoms with Gasteiger partial charge in [0.1, 0.15) is 23.1 Å². The predicted octanol–water partition coefficient (Wildman–Crippen LogP) is 5.78. The SMILES string of the molecule is COc1ccc(C(C)(C)c2nc(C(=O)N[C@@H](c3ccc(C(F)(F)F)c(F)c3)C(C)(C)C)cc(=O)[nH]2)cc1. The van der Waals surface area contributed by atoms with E-state index in [0.29, 0.717) is 11.8 Å². The lowest BCUT2D eigenvalue weighted by atomic mass is 9.82. The fourth-order valence-corrected chi connectivity index (χ4v) is 3.96. The van der Waals surface area contributed by atoms with E-state index in [-0.39, 0.29) is 17.1 Å². The van der Waals surface area contributed by atoms with Crippen molar-refractivity contribution < 1.29 is 27.1 Å². The number of alkyl halides is 3. The second kappa shape index (κ2) is 9.99. The summed E-state index contributed by atoms with van der Waals surface area (Å²) in [5.41, 5.74) is -2.67. The minimum Gasteiger partial charge on any atom is -0.497 e. The zero-order chi connectivity index (χ0) is 27.8. The van der Waals surface area contributed by atoms with Crippen molar-refractivity contribution in [3.8, 4) is 5.75 Å². The Bertz CT molecular complexity index is 1340. The standard InChI is InChI=1S/C27H29F4N3O3/c1-25(2,3)22(15-7-12-18(19(28)13-15)27(29,30)31)34-23(36)20-14-21(35)33-24(32-20)26(4,5)16-8-10-17(37-6)11-9-16/h7-14,22H,1-6H3,(H,34,36)(H,32,33,35)/t22-/m0/s1. The number of ether oxygens (including phenoxy) is 1. The van der Waals surface area contributed by atoms with Gasteiger partial charge in [0.15, 0.2) is 0 Å². The van der Waals surface area contributed by atoms with Crippen molar-refractivity contribution in [3.63, 3.8) is 0 Å². The summed E-state index contributed by atoms with van der Waals surface area (Å²) in [6.45, 7) is 8.90. The molecule has 3 aromatic rings. The number of aromatic amines is 1. The van der Waals surface area contributed by atoms with Crippen molar-refractivity contribution in [3.05, 3.63) is 92.9 Å². The number of amides is 1. The second-order valence-electron chi connectivity index (χ2n) is 10.3. The van der Waals surface area contributed by atoms with Gasteiger partial charge in [-0.1, -0.05) is 39.0 Å². The van der Waals surface area contributed by atoms with Crippen molar-refractivity contribution in [2.75, 3.05) is 7.11 Å². The quantitative estimate of drug-likeness (QED) is 0.405. The summed E-state index contributed by atoms with van der Waals surface area (Å²) in [5, 5.41) is 2.72. The molecule has 37 heavy (non-hydrogen) atoms. The van der Waals surface area contributed by atoms with Crippen LogP contribution in [0.25, 0.3) is 0 Å². The van der Waals surface area contributed by atoms with E-state index in [1.807, 2.05) is 26.0 Å². The molecular weight excluding hydrogens is 490 g/mol. The van der Waals surface area contributed by atoms with Crippen molar-refractivity contribution in [1.82, 2.24) is 15.3 Å². The highest BCUT2D eigenvalue weighted by molar-refractivity contribution is 5.92. The van der Waals surface area contributed by atoms with Crippen molar-refractivity contribution in [1.29, 1.82) is 0 Å². The molecule has 0 saturated carbocycles. The fraction of sp³-hybridized carbons (Fsp3) is 0.370. The molecule has 2 N–H and O–H groups in total. The summed E-state index contributed by atoms with van der Waals surface area (Å²) in [4.78, 5) is 32.8. The van der Waals surface area contributed by atoms with Gasteiger partial charge in [-0.15, -0.1) is 0 Å². The van der Waals surface area contributed by atoms with Gasteiger partial charge in [-0.25, -0.2) is 9.37 Å². The van der Waals surface area contributed by atoms with Crippen LogP contribution in [0.5, 0.6) is 5.75 Å². The number of aromatic nitrogens is 2. The van der Waals surface area contributed by atoms with Crippen LogP contribution >= 0.6 is 0 Å². The Hall–Kier alpha value is -3.69. The van der Waals surface area contributed by atoms with Gasteiger partial charge in [0, 0.05) is 11.5 Å². The summed E-state index contributed by atoms with van der Waals surface area (Å²) >= 11 is 0. The Morgan fingerprint density at radius 1 is 1.00 bits per heavy atom. The van der Waals surface area contributed by atoms with E-state index in [2.05, 4.69) is 15.3 Å². The Balaban J connectivity index is 1.97. The van der Waals surface area contributed by atoms with Gasteiger partial charge in [0.2, 0.25) is 0 Å². The smallest absolute Gasteiger partial charge is 0.419 e. The maximum atomic E-state index is 14.3. The first-order valence-electron chi connectivity index (χ1n) is 11.5. The molecule has 0 radical (unpaired) electrons. The van der Waals surface area contributed by atoms with Gasteiger partial charge in [0.25, 0.3) is 11.5 Å². The number of benzene rings is 2. The second-order valence-corrected chi connectivity index (χ2v) is 10.3. The van der Waals surface area contributed by atoms with Gasteiger partial charge in [-0.3, -0.25) is 9.59 Å². The number of rotatable bonds is 6. The molecule has 6 nitrogen and oxygen atoms in total. The van der Waals surface area contributed by atoms with Crippen molar-refractivity contribution in [2.45, 2.75) is 52.3 Å². The molecule has 0 aliphatic carbocycles. The lowest BCUT2D eigenvalue weighted by Crippen LogP contribution is -2.38. The molecule has 1 atom stereocenters. The molecule has 0 bridgehead atoms. The number of hydrogen-bond donors (Lipinski definition) is 2. The maximum absolute atomic E-state index is 14.3. The van der Waals surface area contributed by atoms with E-state index < -0.39 is 45.9 Å². The van der Waals surface area contributed by atoms with E-state index in [0.717, 1.165) is 23.8 Å². The Labute approximate surface area is 212 Å². The molecular formula is C27H29F4N3O3. The molecule has 0 spiro atoms. The highest BCUT2D eigenvalue weighted by Gasteiger charge is 2.36. The largest absolute Gasteiger partial charge is 0.497 e. The molecule has 1 amide bonds. The topological polar surface area (TPSA) is 84.1 Å². The van der Waals surface area contributed by atoms with Gasteiger partial charge >= 0.3 is 6.18 Å². The Morgan fingerprint density at radius 2 is 1.62 bits per heavy atom. The number of nitrogens with zero attached hydrogens (tertiary/aromatic N) is 1. The third-order valence-electron chi connectivity index (χ3n) is 6.15. The van der Waals surface area contributed by atoms with Gasteiger partial charge < -0.3 is 15.0 Å². The maximum Gasteiger partial charge on any atom is 0.419 e. The van der Waals surface area contributed by atoms with Crippen LogP contribution in [0.2, 0.25) is 0 Å². The fourth-order valence-electron chi connectivity index (χ4n) is 3.96. The minimum absolute atomic E-state index is 0.148. The van der Waals surface area contributed by atoms with E-state index in [1.54, 1.807) is 40.0 Å². The Kier molecular flexibility index (Phi) is 7.53. The zero-order valence-corrected chi connectivity index (χ0v) is 21.4. The highest BCUT2D eigenvalue weighted by Crippen LogP contribution is 2.37. The molecule has 2 aromatic carbocycles. The summed E-state index contributed by atoms with van der Waals surface area (Å²) < 4.78 is 58.6. The molecule has 0 fully saturated rings. The number of H-pyrrole nitrogens is 1. The summed E-state index contributed by atoms with van der Waals surface area (Å²) in [6.07, 6.45) is -4.84. The summed E-state index contributed by atoms with van der Waals surface area (Å²) in [7, 11) is 1.55. The molecule has 0 aliphatic rings. The highest BCUT2D eigenvalue weighted by atomic mass is 19.4. The first kappa shape index (κ1) is 27.9. The van der Waals surface area contributed by atoms with E-state index in [1.165, 1.54) is 0 Å². The third-order valence-corrected chi connectivity index (χ3v) is 6.15. The van der Waals surface area contributed by atoms with Crippen LogP contribution in [-0.2, 0) is 11.6 Å². The van der Waals surface area contributed by atoms with Crippen molar-refractivity contribution in [2.24, 2.45) is 5.41 Å². The molecule has 0 unspecified atom stereocenters. The average Bonchev–Trinajstić information content (AvgIpc) is 2.80. The monoisotopic (exact) mass is 519 g/mol. The third kappa shape index (κ3) is 6.18. The predicted molar refractivity (Wildman–Crippen MR) is 131 cm³/mol. The van der Waals surface area contributed by atoms with Crippen LogP contribution in [0.4, 0.5) is 17.6 Å². The first-order chi connectivity index (χ1) is 17.0. The minimum atomic E-state index is -4.84. The molecule has 1 heterocycles. The molecule has 198 valence electrons. The molecule has 0 saturated heterocycles. The van der Waals surface area contributed by atoms with Crippen LogP contribution in [0, 0.1) is 11.2 Å². The van der Waals surface area contributed by atoms with Crippen LogP contribution in [0.3, 0.4) is 0 Å². The van der Waals surface area contributed by atoms with Crippen LogP contribution in [0.15, 0.2) is 53.3 Å². The first-order valence-corrected chi connectivity index (χ1v) is 11.5. The summed E-state index contributed by atoms with van der Waals surface area (Å²) in [5.74, 6) is -1.27. The number of carbonyl (C=O) groups is 1. The Morgan fingerprint density at radius 3 is 2.14 bits per heavy atom. The van der Waals surface area contributed by atoms with Crippen LogP contribution in [0.1, 0.15) is 73.7 Å². The summed E-state index contributed by atoms with van der Waals surface area (Å²) in [6, 6.07) is 9.88. The van der Waals surface area contributed by atoms with Gasteiger partial charge in [-0.2, -0.15) is 13.2 Å². The number of halogens is 4. The van der Waals surface area contributed by atoms with Gasteiger partial charge in [0.05, 0.1) is 18.7 Å². The lowest BCUT2D eigenvalue weighted by Gasteiger charge is -2.32. The van der Waals surface area contributed by atoms with Crippen LogP contribution in [-0.4, -0.2) is 23.0 Å². The average molecular weight is 520 g/mol. The van der Waals surface area contributed by atoms with Gasteiger partial charge in [-0.05, 0) is 54.7 Å². The van der Waals surface area contributed by atoms with E-state index in [9.17, 15) is 27.2 Å². The van der Waals surface area contributed by atoms with Crippen molar-refractivity contribution >= 4 is 5.91 Å². The van der Waals surface area contributed by atoms with E-state index >= 15 is 0 Å². The number of nitrogens with one attached hydrogen (secondary N) is 2. The molecule has 3 rings (SSSR count). The zero-order valence-electron chi connectivity index (χ0n) is 21.4. The number of hydrogen-bond acceptors (Lipinski definition) is 4. The number of methoxy groups -OCH3 is 1. The molecule has 0 aliphatic heterocycles. The molecule has 1 aromatic heterocycles. The normalized spacial score (nSPS) is 13.2. The molecule has 10 heteroatoms. The van der Waals surface area contributed by atoms with E-state index in [4.69, 9.17) is 4.74 Å².